The lowest BCUT2D eigenvalue weighted by molar-refractivity contribution is -0.140. The summed E-state index contributed by atoms with van der Waals surface area (Å²) < 4.78 is 1.43. The number of likely N-dealkylation sites (tertiary alicyclic amines) is 1. The Morgan fingerprint density at radius 3 is 2.79 bits per heavy atom. The van der Waals surface area contributed by atoms with E-state index in [1.165, 1.54) is 9.47 Å². The maximum atomic E-state index is 13.1. The van der Waals surface area contributed by atoms with Gasteiger partial charge in [0.15, 0.2) is 5.16 Å². The lowest BCUT2D eigenvalue weighted by atomic mass is 10.2. The number of aryl methyl sites for hydroxylation is 1. The number of pyridine rings is 1. The van der Waals surface area contributed by atoms with Crippen molar-refractivity contribution in [2.75, 3.05) is 12.3 Å². The van der Waals surface area contributed by atoms with Gasteiger partial charge in [-0.25, -0.2) is 14.5 Å². The Labute approximate surface area is 165 Å². The first-order valence-corrected chi connectivity index (χ1v) is 9.94. The van der Waals surface area contributed by atoms with Crippen LogP contribution in [0.2, 0.25) is 0 Å². The molecule has 0 unspecified atom stereocenters. The van der Waals surface area contributed by atoms with Crippen molar-refractivity contribution in [1.29, 1.82) is 0 Å². The minimum Gasteiger partial charge on any atom is -0.282 e. The summed E-state index contributed by atoms with van der Waals surface area (Å²) >= 11 is 1.14. The van der Waals surface area contributed by atoms with E-state index in [1.54, 1.807) is 30.5 Å². The summed E-state index contributed by atoms with van der Waals surface area (Å²) in [7, 11) is 0. The Kier molecular flexibility index (Phi) is 4.95. The zero-order chi connectivity index (χ0) is 19.7. The Balaban J connectivity index is 1.75. The molecule has 1 aliphatic heterocycles. The molecule has 0 saturated carbocycles. The molecule has 28 heavy (non-hydrogen) atoms. The second-order valence-electron chi connectivity index (χ2n) is 6.57. The van der Waals surface area contributed by atoms with E-state index >= 15 is 0 Å². The highest BCUT2D eigenvalue weighted by atomic mass is 32.2. The number of rotatable bonds is 4. The molecule has 0 bridgehead atoms. The van der Waals surface area contributed by atoms with Crippen LogP contribution in [0.1, 0.15) is 18.4 Å². The fourth-order valence-electron chi connectivity index (χ4n) is 3.17. The zero-order valence-electron chi connectivity index (χ0n) is 15.3. The predicted octanol–water partition coefficient (Wildman–Crippen LogP) is 2.33. The number of hydrogen-bond acceptors (Lipinski definition) is 6. The first-order chi connectivity index (χ1) is 13.5. The minimum atomic E-state index is -0.265. The van der Waals surface area contributed by atoms with Crippen LogP contribution >= 0.6 is 11.8 Å². The SMILES string of the molecule is Cc1ccnc(-n2c(SCC(=O)N3CCCC3=O)nc3ccccc3c2=O)c1. The van der Waals surface area contributed by atoms with Gasteiger partial charge in [0.2, 0.25) is 11.8 Å². The van der Waals surface area contributed by atoms with Crippen molar-refractivity contribution in [3.63, 3.8) is 0 Å². The molecule has 2 amide bonds. The van der Waals surface area contributed by atoms with E-state index in [4.69, 9.17) is 0 Å². The van der Waals surface area contributed by atoms with E-state index in [2.05, 4.69) is 9.97 Å². The second-order valence-corrected chi connectivity index (χ2v) is 7.52. The molecule has 0 radical (unpaired) electrons. The minimum absolute atomic E-state index is 0.0301. The third-order valence-electron chi connectivity index (χ3n) is 4.57. The Bertz CT molecular complexity index is 1140. The second kappa shape index (κ2) is 7.55. The largest absolute Gasteiger partial charge is 0.282 e. The molecular formula is C20H18N4O3S. The molecule has 1 fully saturated rings. The standard InChI is InChI=1S/C20H18N4O3S/c1-13-8-9-21-16(11-13)24-19(27)14-5-2-3-6-15(14)22-20(24)28-12-18(26)23-10-4-7-17(23)25/h2-3,5-6,8-9,11H,4,7,10,12H2,1H3. The fourth-order valence-corrected chi connectivity index (χ4v) is 4.05. The molecule has 2 aromatic heterocycles. The Morgan fingerprint density at radius 2 is 2.04 bits per heavy atom. The number of amides is 2. The van der Waals surface area contributed by atoms with E-state index in [1.807, 2.05) is 19.1 Å². The maximum absolute atomic E-state index is 13.1. The summed E-state index contributed by atoms with van der Waals surface area (Å²) in [6.07, 6.45) is 2.73. The average molecular weight is 394 g/mol. The van der Waals surface area contributed by atoms with Crippen molar-refractivity contribution >= 4 is 34.5 Å². The fraction of sp³-hybridized carbons (Fsp3) is 0.250. The van der Waals surface area contributed by atoms with E-state index in [0.717, 1.165) is 17.3 Å². The molecule has 4 rings (SSSR count). The quantitative estimate of drug-likeness (QED) is 0.499. The molecule has 0 spiro atoms. The molecular weight excluding hydrogens is 376 g/mol. The number of thioether (sulfide) groups is 1. The monoisotopic (exact) mass is 394 g/mol. The van der Waals surface area contributed by atoms with Gasteiger partial charge >= 0.3 is 0 Å². The molecule has 8 heteroatoms. The number of imide groups is 1. The number of hydrogen-bond donors (Lipinski definition) is 0. The maximum Gasteiger partial charge on any atom is 0.267 e. The number of fused-ring (bicyclic) bond motifs is 1. The van der Waals surface area contributed by atoms with E-state index < -0.39 is 0 Å². The van der Waals surface area contributed by atoms with E-state index in [0.29, 0.717) is 41.3 Å². The molecule has 1 aliphatic rings. The summed E-state index contributed by atoms with van der Waals surface area (Å²) in [4.78, 5) is 47.5. The van der Waals surface area contributed by atoms with Crippen molar-refractivity contribution in [2.24, 2.45) is 0 Å². The molecule has 0 atom stereocenters. The van der Waals surface area contributed by atoms with Crippen molar-refractivity contribution in [3.05, 3.63) is 58.5 Å². The number of nitrogens with zero attached hydrogens (tertiary/aromatic N) is 4. The topological polar surface area (TPSA) is 85.2 Å². The van der Waals surface area contributed by atoms with Crippen LogP contribution < -0.4 is 5.56 Å². The number of carbonyl (C=O) groups is 2. The van der Waals surface area contributed by atoms with Crippen LogP contribution in [0, 0.1) is 6.92 Å². The third kappa shape index (κ3) is 3.43. The molecule has 7 nitrogen and oxygen atoms in total. The highest BCUT2D eigenvalue weighted by Crippen LogP contribution is 2.22. The molecule has 0 aliphatic carbocycles. The van der Waals surface area contributed by atoms with Gasteiger partial charge < -0.3 is 0 Å². The van der Waals surface area contributed by atoms with Crippen molar-refractivity contribution < 1.29 is 9.59 Å². The lowest BCUT2D eigenvalue weighted by Gasteiger charge is -2.15. The first kappa shape index (κ1) is 18.4. The van der Waals surface area contributed by atoms with Crippen LogP contribution in [0.4, 0.5) is 0 Å². The van der Waals surface area contributed by atoms with Crippen LogP contribution in [0.25, 0.3) is 16.7 Å². The van der Waals surface area contributed by atoms with Gasteiger partial charge in [0.05, 0.1) is 16.7 Å². The molecule has 3 heterocycles. The molecule has 1 aromatic carbocycles. The number of para-hydroxylation sites is 1. The van der Waals surface area contributed by atoms with Crippen LogP contribution in [-0.2, 0) is 9.59 Å². The van der Waals surface area contributed by atoms with Crippen LogP contribution in [-0.4, -0.2) is 43.5 Å². The Hall–Kier alpha value is -3.00. The molecule has 0 N–H and O–H groups in total. The van der Waals surface area contributed by atoms with Gasteiger partial charge in [-0.05, 0) is 43.2 Å². The van der Waals surface area contributed by atoms with Gasteiger partial charge in [0.25, 0.3) is 5.56 Å². The summed E-state index contributed by atoms with van der Waals surface area (Å²) in [6, 6.07) is 10.7. The number of benzene rings is 1. The van der Waals surface area contributed by atoms with Gasteiger partial charge in [-0.1, -0.05) is 23.9 Å². The molecule has 3 aromatic rings. The summed E-state index contributed by atoms with van der Waals surface area (Å²) in [5.41, 5.74) is 1.28. The highest BCUT2D eigenvalue weighted by molar-refractivity contribution is 7.99. The zero-order valence-corrected chi connectivity index (χ0v) is 16.1. The summed E-state index contributed by atoms with van der Waals surface area (Å²) in [5.74, 6) is 0.0754. The van der Waals surface area contributed by atoms with Crippen molar-refractivity contribution in [1.82, 2.24) is 19.4 Å². The first-order valence-electron chi connectivity index (χ1n) is 8.95. The predicted molar refractivity (Wildman–Crippen MR) is 107 cm³/mol. The van der Waals surface area contributed by atoms with Crippen LogP contribution in [0.15, 0.2) is 52.5 Å². The smallest absolute Gasteiger partial charge is 0.267 e. The van der Waals surface area contributed by atoms with Gasteiger partial charge in [-0.3, -0.25) is 19.3 Å². The third-order valence-corrected chi connectivity index (χ3v) is 5.50. The lowest BCUT2D eigenvalue weighted by Crippen LogP contribution is -2.33. The van der Waals surface area contributed by atoms with Crippen molar-refractivity contribution in [3.8, 4) is 5.82 Å². The summed E-state index contributed by atoms with van der Waals surface area (Å²) in [5, 5.41) is 0.859. The summed E-state index contributed by atoms with van der Waals surface area (Å²) in [6.45, 7) is 2.37. The van der Waals surface area contributed by atoms with Gasteiger partial charge in [0, 0.05) is 19.2 Å². The number of aromatic nitrogens is 3. The highest BCUT2D eigenvalue weighted by Gasteiger charge is 2.26. The normalized spacial score (nSPS) is 14.0. The van der Waals surface area contributed by atoms with Crippen LogP contribution in [0.3, 0.4) is 0 Å². The number of carbonyl (C=O) groups excluding carboxylic acids is 2. The van der Waals surface area contributed by atoms with E-state index in [9.17, 15) is 14.4 Å². The average Bonchev–Trinajstić information content (AvgIpc) is 3.12. The van der Waals surface area contributed by atoms with Gasteiger partial charge in [-0.2, -0.15) is 0 Å². The Morgan fingerprint density at radius 1 is 1.21 bits per heavy atom. The van der Waals surface area contributed by atoms with Gasteiger partial charge in [0.1, 0.15) is 5.82 Å². The van der Waals surface area contributed by atoms with Crippen molar-refractivity contribution in [2.45, 2.75) is 24.9 Å². The van der Waals surface area contributed by atoms with Crippen LogP contribution in [0.5, 0.6) is 0 Å². The van der Waals surface area contributed by atoms with E-state index in [-0.39, 0.29) is 23.1 Å². The molecule has 142 valence electrons. The van der Waals surface area contributed by atoms with Gasteiger partial charge in [-0.15, -0.1) is 0 Å². The molecule has 1 saturated heterocycles.